The number of rotatable bonds is 5. The van der Waals surface area contributed by atoms with Crippen LogP contribution in [0.15, 0.2) is 12.1 Å². The second kappa shape index (κ2) is 6.49. The Morgan fingerprint density at radius 2 is 2.14 bits per heavy atom. The van der Waals surface area contributed by atoms with Gasteiger partial charge in [-0.25, -0.2) is 9.78 Å². The molecule has 114 valence electrons. The summed E-state index contributed by atoms with van der Waals surface area (Å²) in [6.07, 6.45) is 2.92. The van der Waals surface area contributed by atoms with E-state index < -0.39 is 10.9 Å². The van der Waals surface area contributed by atoms with Crippen molar-refractivity contribution >= 4 is 11.7 Å². The van der Waals surface area contributed by atoms with Gasteiger partial charge in [0.1, 0.15) is 6.10 Å². The summed E-state index contributed by atoms with van der Waals surface area (Å²) in [5, 5.41) is 19.9. The van der Waals surface area contributed by atoms with Gasteiger partial charge in [-0.3, -0.25) is 10.1 Å². The highest BCUT2D eigenvalue weighted by atomic mass is 16.6. The Kier molecular flexibility index (Phi) is 4.69. The zero-order valence-corrected chi connectivity index (χ0v) is 11.5. The van der Waals surface area contributed by atoms with Gasteiger partial charge < -0.3 is 14.6 Å². The fraction of sp³-hybridized carbons (Fsp3) is 0.538. The Labute approximate surface area is 120 Å². The molecule has 2 rings (SSSR count). The molecule has 21 heavy (non-hydrogen) atoms. The molecule has 0 radical (unpaired) electrons. The third-order valence-electron chi connectivity index (χ3n) is 3.45. The summed E-state index contributed by atoms with van der Waals surface area (Å²) in [5.41, 5.74) is -0.616. The summed E-state index contributed by atoms with van der Waals surface area (Å²) in [7, 11) is 1.61. The Hall–Kier alpha value is -2.22. The van der Waals surface area contributed by atoms with Gasteiger partial charge in [-0.1, -0.05) is 0 Å². The largest absolute Gasteiger partial charge is 0.477 e. The summed E-state index contributed by atoms with van der Waals surface area (Å²) in [6.45, 7) is 0. The van der Waals surface area contributed by atoms with Crippen molar-refractivity contribution in [2.75, 3.05) is 7.11 Å². The van der Waals surface area contributed by atoms with Crippen LogP contribution in [0.25, 0.3) is 0 Å². The van der Waals surface area contributed by atoms with Crippen LogP contribution in [0.4, 0.5) is 5.69 Å². The van der Waals surface area contributed by atoms with E-state index in [4.69, 9.17) is 14.6 Å². The van der Waals surface area contributed by atoms with Crippen molar-refractivity contribution in [2.24, 2.45) is 0 Å². The summed E-state index contributed by atoms with van der Waals surface area (Å²) in [6, 6.07) is 2.19. The predicted molar refractivity (Wildman–Crippen MR) is 71.5 cm³/mol. The van der Waals surface area contributed by atoms with Crippen LogP contribution in [0, 0.1) is 10.1 Å². The molecule has 0 saturated heterocycles. The van der Waals surface area contributed by atoms with Gasteiger partial charge in [-0.05, 0) is 25.3 Å². The molecule has 1 saturated carbocycles. The first-order valence-electron chi connectivity index (χ1n) is 6.59. The SMILES string of the molecule is COC1CCCC(Oc2nc(C(=O)O)ccc2[N+](=O)[O-])C1. The van der Waals surface area contributed by atoms with Crippen molar-refractivity contribution in [2.45, 2.75) is 37.9 Å². The number of aromatic nitrogens is 1. The number of aromatic carboxylic acids is 1. The Morgan fingerprint density at radius 1 is 1.43 bits per heavy atom. The monoisotopic (exact) mass is 296 g/mol. The Bertz CT molecular complexity index is 547. The number of carboxylic acids is 1. The van der Waals surface area contributed by atoms with Gasteiger partial charge in [0.15, 0.2) is 5.69 Å². The van der Waals surface area contributed by atoms with Gasteiger partial charge in [-0.2, -0.15) is 0 Å². The molecular formula is C13H16N2O6. The van der Waals surface area contributed by atoms with Crippen LogP contribution in [-0.4, -0.2) is 40.3 Å². The third-order valence-corrected chi connectivity index (χ3v) is 3.45. The molecule has 1 N–H and O–H groups in total. The zero-order chi connectivity index (χ0) is 15.4. The average Bonchev–Trinajstić information content (AvgIpc) is 2.47. The van der Waals surface area contributed by atoms with E-state index in [-0.39, 0.29) is 29.5 Å². The van der Waals surface area contributed by atoms with E-state index in [0.29, 0.717) is 6.42 Å². The molecule has 2 unspecified atom stereocenters. The zero-order valence-electron chi connectivity index (χ0n) is 11.5. The number of pyridine rings is 1. The Balaban J connectivity index is 2.22. The minimum Gasteiger partial charge on any atom is -0.477 e. The average molecular weight is 296 g/mol. The maximum atomic E-state index is 11.0. The minimum absolute atomic E-state index is 0.0467. The second-order valence-corrected chi connectivity index (χ2v) is 4.85. The molecule has 0 bridgehead atoms. The number of nitro groups is 1. The summed E-state index contributed by atoms with van der Waals surface area (Å²) in [5.74, 6) is -1.50. The van der Waals surface area contributed by atoms with Crippen molar-refractivity contribution in [3.05, 3.63) is 27.9 Å². The van der Waals surface area contributed by atoms with Gasteiger partial charge in [0.05, 0.1) is 11.0 Å². The standard InChI is InChI=1S/C13H16N2O6/c1-20-8-3-2-4-9(7-8)21-12-11(15(18)19)6-5-10(14-12)13(16)17/h5-6,8-9H,2-4,7H2,1H3,(H,16,17). The van der Waals surface area contributed by atoms with Crippen LogP contribution in [0.5, 0.6) is 5.88 Å². The molecule has 0 aromatic carbocycles. The van der Waals surface area contributed by atoms with E-state index in [2.05, 4.69) is 4.98 Å². The van der Waals surface area contributed by atoms with Gasteiger partial charge in [0.2, 0.25) is 0 Å². The molecule has 1 aliphatic carbocycles. The van der Waals surface area contributed by atoms with E-state index in [0.717, 1.165) is 31.4 Å². The van der Waals surface area contributed by atoms with Gasteiger partial charge in [0.25, 0.3) is 5.88 Å². The normalized spacial score (nSPS) is 21.8. The third kappa shape index (κ3) is 3.66. The quantitative estimate of drug-likeness (QED) is 0.653. The molecular weight excluding hydrogens is 280 g/mol. The molecule has 1 aromatic rings. The minimum atomic E-state index is -1.26. The predicted octanol–water partition coefficient (Wildman–Crippen LogP) is 2.02. The molecule has 1 aromatic heterocycles. The molecule has 0 amide bonds. The highest BCUT2D eigenvalue weighted by molar-refractivity contribution is 5.85. The maximum Gasteiger partial charge on any atom is 0.354 e. The topological polar surface area (TPSA) is 112 Å². The number of hydrogen-bond donors (Lipinski definition) is 1. The number of hydrogen-bond acceptors (Lipinski definition) is 6. The first-order chi connectivity index (χ1) is 10.0. The van der Waals surface area contributed by atoms with Crippen LogP contribution in [-0.2, 0) is 4.74 Å². The highest BCUT2D eigenvalue weighted by Crippen LogP contribution is 2.30. The molecule has 2 atom stereocenters. The number of carboxylic acid groups (broad SMARTS) is 1. The van der Waals surface area contributed by atoms with Crippen molar-refractivity contribution < 1.29 is 24.3 Å². The van der Waals surface area contributed by atoms with Gasteiger partial charge >= 0.3 is 11.7 Å². The van der Waals surface area contributed by atoms with E-state index in [9.17, 15) is 14.9 Å². The molecule has 1 fully saturated rings. The number of methoxy groups -OCH3 is 1. The summed E-state index contributed by atoms with van der Waals surface area (Å²) < 4.78 is 10.8. The molecule has 0 aliphatic heterocycles. The lowest BCUT2D eigenvalue weighted by molar-refractivity contribution is -0.386. The van der Waals surface area contributed by atoms with E-state index in [1.807, 2.05) is 0 Å². The van der Waals surface area contributed by atoms with Crippen molar-refractivity contribution in [3.8, 4) is 5.88 Å². The molecule has 1 heterocycles. The lowest BCUT2D eigenvalue weighted by Gasteiger charge is -2.28. The van der Waals surface area contributed by atoms with E-state index >= 15 is 0 Å². The van der Waals surface area contributed by atoms with Crippen LogP contribution >= 0.6 is 0 Å². The summed E-state index contributed by atoms with van der Waals surface area (Å²) >= 11 is 0. The number of nitrogens with zero attached hydrogens (tertiary/aromatic N) is 2. The van der Waals surface area contributed by atoms with Crippen LogP contribution in [0.3, 0.4) is 0 Å². The second-order valence-electron chi connectivity index (χ2n) is 4.85. The van der Waals surface area contributed by atoms with Gasteiger partial charge in [-0.15, -0.1) is 0 Å². The van der Waals surface area contributed by atoms with Crippen molar-refractivity contribution in [1.29, 1.82) is 0 Å². The molecule has 8 heteroatoms. The molecule has 1 aliphatic rings. The van der Waals surface area contributed by atoms with E-state index in [1.165, 1.54) is 0 Å². The van der Waals surface area contributed by atoms with Crippen LogP contribution < -0.4 is 4.74 Å². The Morgan fingerprint density at radius 3 is 2.76 bits per heavy atom. The van der Waals surface area contributed by atoms with Crippen LogP contribution in [0.1, 0.15) is 36.2 Å². The smallest absolute Gasteiger partial charge is 0.354 e. The number of carbonyl (C=O) groups is 1. The van der Waals surface area contributed by atoms with Crippen LogP contribution in [0.2, 0.25) is 0 Å². The first kappa shape index (κ1) is 15.2. The lowest BCUT2D eigenvalue weighted by Crippen LogP contribution is -2.30. The maximum absolute atomic E-state index is 11.0. The molecule has 8 nitrogen and oxygen atoms in total. The fourth-order valence-corrected chi connectivity index (χ4v) is 2.36. The summed E-state index contributed by atoms with van der Waals surface area (Å²) in [4.78, 5) is 25.0. The van der Waals surface area contributed by atoms with Crippen molar-refractivity contribution in [3.63, 3.8) is 0 Å². The fourth-order valence-electron chi connectivity index (χ4n) is 2.36. The van der Waals surface area contributed by atoms with E-state index in [1.54, 1.807) is 7.11 Å². The van der Waals surface area contributed by atoms with Gasteiger partial charge in [0, 0.05) is 19.6 Å². The molecule has 0 spiro atoms. The van der Waals surface area contributed by atoms with Crippen molar-refractivity contribution in [1.82, 2.24) is 4.98 Å². The first-order valence-corrected chi connectivity index (χ1v) is 6.59. The lowest BCUT2D eigenvalue weighted by atomic mass is 9.95. The number of ether oxygens (including phenoxy) is 2. The highest BCUT2D eigenvalue weighted by Gasteiger charge is 2.27.